The van der Waals surface area contributed by atoms with E-state index >= 15 is 0 Å². The molecule has 1 heterocycles. The highest BCUT2D eigenvalue weighted by atomic mass is 16.7. The van der Waals surface area contributed by atoms with E-state index in [-0.39, 0.29) is 5.92 Å². The normalized spacial score (nSPS) is 23.8. The summed E-state index contributed by atoms with van der Waals surface area (Å²) < 4.78 is 0. The molecule has 1 aliphatic heterocycles. The third-order valence-electron chi connectivity index (χ3n) is 3.06. The van der Waals surface area contributed by atoms with E-state index in [0.29, 0.717) is 13.0 Å². The number of aliphatic carboxylic acids is 1. The van der Waals surface area contributed by atoms with Crippen molar-refractivity contribution in [3.8, 4) is 0 Å². The number of carbonyl (C=O) groups excluding carboxylic acids is 1. The van der Waals surface area contributed by atoms with Gasteiger partial charge in [0.2, 0.25) is 0 Å². The fourth-order valence-corrected chi connectivity index (χ4v) is 2.26. The summed E-state index contributed by atoms with van der Waals surface area (Å²) >= 11 is 0. The van der Waals surface area contributed by atoms with E-state index in [1.165, 1.54) is 12.0 Å². The molecule has 1 N–H and O–H groups in total. The summed E-state index contributed by atoms with van der Waals surface area (Å²) in [6.45, 7) is 1.69. The molecular formula is C13H15NO4. The van der Waals surface area contributed by atoms with Crippen molar-refractivity contribution in [3.05, 3.63) is 35.9 Å². The van der Waals surface area contributed by atoms with E-state index < -0.39 is 18.0 Å². The van der Waals surface area contributed by atoms with Crippen molar-refractivity contribution in [3.63, 3.8) is 0 Å². The van der Waals surface area contributed by atoms with Crippen LogP contribution in [-0.2, 0) is 14.4 Å². The molecule has 2 atom stereocenters. The topological polar surface area (TPSA) is 66.8 Å². The number of hydroxylamine groups is 2. The highest BCUT2D eigenvalue weighted by molar-refractivity contribution is 5.74. The lowest BCUT2D eigenvalue weighted by atomic mass is 9.96. The number of rotatable bonds is 3. The first-order chi connectivity index (χ1) is 8.58. The van der Waals surface area contributed by atoms with Gasteiger partial charge in [-0.05, 0) is 12.0 Å². The first-order valence-electron chi connectivity index (χ1n) is 5.81. The molecule has 0 aromatic heterocycles. The van der Waals surface area contributed by atoms with Crippen LogP contribution in [0.15, 0.2) is 30.3 Å². The lowest BCUT2D eigenvalue weighted by Gasteiger charge is -2.18. The summed E-state index contributed by atoms with van der Waals surface area (Å²) in [6, 6.07) is 8.90. The Balaban J connectivity index is 2.14. The van der Waals surface area contributed by atoms with Crippen LogP contribution in [0, 0.1) is 0 Å². The highest BCUT2D eigenvalue weighted by Crippen LogP contribution is 2.31. The number of carboxylic acid groups (broad SMARTS) is 1. The Morgan fingerprint density at radius 1 is 1.33 bits per heavy atom. The van der Waals surface area contributed by atoms with Crippen LogP contribution in [0.1, 0.15) is 24.8 Å². The minimum atomic E-state index is -0.963. The first kappa shape index (κ1) is 12.6. The Kier molecular flexibility index (Phi) is 3.62. The van der Waals surface area contributed by atoms with Crippen molar-refractivity contribution >= 4 is 11.9 Å². The second-order valence-corrected chi connectivity index (χ2v) is 4.38. The molecule has 0 saturated carbocycles. The number of carboxylic acids is 1. The van der Waals surface area contributed by atoms with Gasteiger partial charge in [0, 0.05) is 19.4 Å². The van der Waals surface area contributed by atoms with E-state index in [2.05, 4.69) is 0 Å². The molecule has 0 radical (unpaired) electrons. The summed E-state index contributed by atoms with van der Waals surface area (Å²) in [5.74, 6) is -1.38. The molecule has 2 rings (SSSR count). The van der Waals surface area contributed by atoms with Gasteiger partial charge in [0.25, 0.3) is 0 Å². The van der Waals surface area contributed by atoms with Crippen LogP contribution >= 0.6 is 0 Å². The van der Waals surface area contributed by atoms with Gasteiger partial charge in [-0.3, -0.25) is 9.59 Å². The van der Waals surface area contributed by atoms with Crippen molar-refractivity contribution in [2.75, 3.05) is 6.54 Å². The number of nitrogens with zero attached hydrogens (tertiary/aromatic N) is 1. The van der Waals surface area contributed by atoms with Crippen LogP contribution in [0.4, 0.5) is 0 Å². The predicted molar refractivity (Wildman–Crippen MR) is 63.7 cm³/mol. The Morgan fingerprint density at radius 3 is 2.56 bits per heavy atom. The number of benzene rings is 1. The summed E-state index contributed by atoms with van der Waals surface area (Å²) in [6.07, 6.45) is 0.451. The molecule has 1 saturated heterocycles. The summed E-state index contributed by atoms with van der Waals surface area (Å²) in [7, 11) is 0. The summed E-state index contributed by atoms with van der Waals surface area (Å²) in [5.41, 5.74) is 1.07. The molecule has 96 valence electrons. The van der Waals surface area contributed by atoms with Gasteiger partial charge in [0.05, 0.1) is 0 Å². The highest BCUT2D eigenvalue weighted by Gasteiger charge is 2.39. The van der Waals surface area contributed by atoms with Crippen molar-refractivity contribution in [2.24, 2.45) is 0 Å². The molecule has 1 fully saturated rings. The largest absolute Gasteiger partial charge is 0.480 e. The molecule has 1 unspecified atom stereocenters. The monoisotopic (exact) mass is 249 g/mol. The molecule has 0 amide bonds. The Labute approximate surface area is 105 Å². The van der Waals surface area contributed by atoms with Crippen LogP contribution in [0.5, 0.6) is 0 Å². The van der Waals surface area contributed by atoms with Crippen molar-refractivity contribution in [1.82, 2.24) is 5.06 Å². The van der Waals surface area contributed by atoms with Gasteiger partial charge < -0.3 is 9.94 Å². The molecule has 1 aliphatic rings. The average molecular weight is 249 g/mol. The summed E-state index contributed by atoms with van der Waals surface area (Å²) in [4.78, 5) is 27.0. The minimum Gasteiger partial charge on any atom is -0.480 e. The van der Waals surface area contributed by atoms with Crippen LogP contribution in [0.25, 0.3) is 0 Å². The standard InChI is InChI=1S/C13H15NO4/c1-9(15)18-14-8-11(7-12(14)13(16)17)10-5-3-2-4-6-10/h2-6,11-12H,7-8H2,1H3,(H,16,17)/t11?,12-/m0/s1. The van der Waals surface area contributed by atoms with Crippen molar-refractivity contribution in [1.29, 1.82) is 0 Å². The van der Waals surface area contributed by atoms with Crippen molar-refractivity contribution in [2.45, 2.75) is 25.3 Å². The number of carbonyl (C=O) groups is 2. The fraction of sp³-hybridized carbons (Fsp3) is 0.385. The fourth-order valence-electron chi connectivity index (χ4n) is 2.26. The maximum atomic E-state index is 11.1. The SMILES string of the molecule is CC(=O)ON1CC(c2ccccc2)C[C@H]1C(=O)O. The van der Waals surface area contributed by atoms with E-state index in [1.807, 2.05) is 30.3 Å². The molecule has 1 aromatic carbocycles. The van der Waals surface area contributed by atoms with Gasteiger partial charge in [-0.25, -0.2) is 0 Å². The lowest BCUT2D eigenvalue weighted by Crippen LogP contribution is -2.37. The molecule has 5 nitrogen and oxygen atoms in total. The quantitative estimate of drug-likeness (QED) is 0.877. The van der Waals surface area contributed by atoms with Gasteiger partial charge >= 0.3 is 11.9 Å². The Morgan fingerprint density at radius 2 is 2.00 bits per heavy atom. The average Bonchev–Trinajstić information content (AvgIpc) is 2.73. The lowest BCUT2D eigenvalue weighted by molar-refractivity contribution is -0.196. The molecule has 1 aromatic rings. The van der Waals surface area contributed by atoms with E-state index in [4.69, 9.17) is 9.94 Å². The van der Waals surface area contributed by atoms with E-state index in [0.717, 1.165) is 5.56 Å². The maximum absolute atomic E-state index is 11.1. The minimum absolute atomic E-state index is 0.0756. The number of hydrogen-bond donors (Lipinski definition) is 1. The van der Waals surface area contributed by atoms with Gasteiger partial charge in [-0.1, -0.05) is 30.3 Å². The Bertz CT molecular complexity index is 446. The van der Waals surface area contributed by atoms with Gasteiger partial charge in [0.15, 0.2) is 0 Å². The van der Waals surface area contributed by atoms with Crippen LogP contribution in [0.3, 0.4) is 0 Å². The zero-order valence-electron chi connectivity index (χ0n) is 10.1. The van der Waals surface area contributed by atoms with E-state index in [1.54, 1.807) is 0 Å². The van der Waals surface area contributed by atoms with Gasteiger partial charge in [0.1, 0.15) is 6.04 Å². The third kappa shape index (κ3) is 2.68. The molecule has 0 bridgehead atoms. The second kappa shape index (κ2) is 5.18. The smallest absolute Gasteiger partial charge is 0.324 e. The molecule has 0 aliphatic carbocycles. The molecular weight excluding hydrogens is 234 g/mol. The van der Waals surface area contributed by atoms with Crippen LogP contribution in [0.2, 0.25) is 0 Å². The van der Waals surface area contributed by atoms with E-state index in [9.17, 15) is 9.59 Å². The van der Waals surface area contributed by atoms with Gasteiger partial charge in [-0.2, -0.15) is 0 Å². The molecule has 5 heteroatoms. The zero-order chi connectivity index (χ0) is 13.1. The zero-order valence-corrected chi connectivity index (χ0v) is 10.1. The van der Waals surface area contributed by atoms with Crippen LogP contribution in [-0.4, -0.2) is 34.7 Å². The summed E-state index contributed by atoms with van der Waals surface area (Å²) in [5, 5.41) is 10.4. The van der Waals surface area contributed by atoms with Gasteiger partial charge in [-0.15, -0.1) is 5.06 Å². The Hall–Kier alpha value is -1.88. The van der Waals surface area contributed by atoms with Crippen molar-refractivity contribution < 1.29 is 19.5 Å². The predicted octanol–water partition coefficient (Wildman–Crippen LogP) is 1.41. The molecule has 0 spiro atoms. The number of hydrogen-bond acceptors (Lipinski definition) is 4. The third-order valence-corrected chi connectivity index (χ3v) is 3.06. The van der Waals surface area contributed by atoms with Crippen LogP contribution < -0.4 is 0 Å². The first-order valence-corrected chi connectivity index (χ1v) is 5.81. The second-order valence-electron chi connectivity index (χ2n) is 4.38. The molecule has 18 heavy (non-hydrogen) atoms. The maximum Gasteiger partial charge on any atom is 0.324 e.